The molecule has 42 heavy (non-hydrogen) atoms. The lowest BCUT2D eigenvalue weighted by Gasteiger charge is -2.34. The minimum absolute atomic E-state index is 0.0523. The summed E-state index contributed by atoms with van der Waals surface area (Å²) in [6.07, 6.45) is 5.46. The molecule has 10 heteroatoms. The largest absolute Gasteiger partial charge is 0.497 e. The van der Waals surface area contributed by atoms with Gasteiger partial charge >= 0.3 is 0 Å². The van der Waals surface area contributed by atoms with Gasteiger partial charge in [-0.15, -0.1) is 0 Å². The minimum atomic E-state index is -4.13. The van der Waals surface area contributed by atoms with Crippen LogP contribution >= 0.6 is 11.6 Å². The number of rotatable bonds is 12. The summed E-state index contributed by atoms with van der Waals surface area (Å²) in [6, 6.07) is 20.8. The van der Waals surface area contributed by atoms with Gasteiger partial charge in [-0.2, -0.15) is 0 Å². The Morgan fingerprint density at radius 2 is 1.60 bits per heavy atom. The number of sulfonamides is 1. The summed E-state index contributed by atoms with van der Waals surface area (Å²) in [5, 5.41) is 3.60. The quantitative estimate of drug-likeness (QED) is 0.279. The van der Waals surface area contributed by atoms with Crippen molar-refractivity contribution in [3.05, 3.63) is 89.4 Å². The number of benzene rings is 3. The van der Waals surface area contributed by atoms with Crippen LogP contribution in [0.1, 0.15) is 51.0 Å². The number of anilines is 1. The Kier molecular flexibility index (Phi) is 10.9. The standard InChI is InChI=1S/C32H38ClN3O5S/c1-3-30(32(38)34-26-10-6-4-7-11-26)35(22-24-14-20-28(41-2)21-15-24)31(37)23-36(27-18-16-25(33)17-19-27)42(39,40)29-12-8-5-9-13-29/h5,8-9,12-21,26,30H,3-4,6-7,10-11,22-23H2,1-2H3,(H,34,38)/t30-/m1/s1. The van der Waals surface area contributed by atoms with Gasteiger partial charge in [0.25, 0.3) is 10.0 Å². The average Bonchev–Trinajstić information content (AvgIpc) is 3.01. The first-order valence-electron chi connectivity index (χ1n) is 14.3. The summed E-state index contributed by atoms with van der Waals surface area (Å²) in [6.45, 7) is 1.48. The Labute approximate surface area is 253 Å². The first-order valence-corrected chi connectivity index (χ1v) is 16.1. The molecule has 8 nitrogen and oxygen atoms in total. The van der Waals surface area contributed by atoms with E-state index >= 15 is 0 Å². The SMILES string of the molecule is CC[C@H](C(=O)NC1CCCCC1)N(Cc1ccc(OC)cc1)C(=O)CN(c1ccc(Cl)cc1)S(=O)(=O)c1ccccc1. The van der Waals surface area contributed by atoms with E-state index in [9.17, 15) is 18.0 Å². The Bertz CT molecular complexity index is 1430. The van der Waals surface area contributed by atoms with Gasteiger partial charge in [-0.05, 0) is 73.4 Å². The molecule has 1 saturated carbocycles. The lowest BCUT2D eigenvalue weighted by Crippen LogP contribution is -2.54. The fourth-order valence-corrected chi connectivity index (χ4v) is 6.81. The van der Waals surface area contributed by atoms with Crippen molar-refractivity contribution >= 4 is 39.1 Å². The Morgan fingerprint density at radius 3 is 2.19 bits per heavy atom. The third kappa shape index (κ3) is 7.83. The molecule has 1 aliphatic carbocycles. The summed E-state index contributed by atoms with van der Waals surface area (Å²) in [4.78, 5) is 29.3. The maximum absolute atomic E-state index is 14.2. The lowest BCUT2D eigenvalue weighted by molar-refractivity contribution is -0.140. The summed E-state index contributed by atoms with van der Waals surface area (Å²) in [5.74, 6) is -0.0530. The Morgan fingerprint density at radius 1 is 0.952 bits per heavy atom. The van der Waals surface area contributed by atoms with Gasteiger partial charge in [0.15, 0.2) is 0 Å². The van der Waals surface area contributed by atoms with E-state index < -0.39 is 28.5 Å². The monoisotopic (exact) mass is 611 g/mol. The second-order valence-corrected chi connectivity index (χ2v) is 12.7. The van der Waals surface area contributed by atoms with Crippen LogP contribution in [0, 0.1) is 0 Å². The maximum Gasteiger partial charge on any atom is 0.264 e. The minimum Gasteiger partial charge on any atom is -0.497 e. The highest BCUT2D eigenvalue weighted by atomic mass is 35.5. The summed E-state index contributed by atoms with van der Waals surface area (Å²) < 4.78 is 34.1. The predicted octanol–water partition coefficient (Wildman–Crippen LogP) is 5.80. The molecule has 0 aliphatic heterocycles. The summed E-state index contributed by atoms with van der Waals surface area (Å²) >= 11 is 6.09. The molecule has 0 unspecified atom stereocenters. The van der Waals surface area contributed by atoms with E-state index in [0.29, 0.717) is 22.9 Å². The van der Waals surface area contributed by atoms with Crippen molar-refractivity contribution in [2.24, 2.45) is 0 Å². The molecule has 1 atom stereocenters. The van der Waals surface area contributed by atoms with Gasteiger partial charge < -0.3 is 15.0 Å². The van der Waals surface area contributed by atoms with Gasteiger partial charge in [0.1, 0.15) is 18.3 Å². The van der Waals surface area contributed by atoms with Crippen LogP contribution in [0.3, 0.4) is 0 Å². The van der Waals surface area contributed by atoms with E-state index in [4.69, 9.17) is 16.3 Å². The number of hydrogen-bond donors (Lipinski definition) is 1. The van der Waals surface area contributed by atoms with Crippen molar-refractivity contribution in [1.82, 2.24) is 10.2 Å². The van der Waals surface area contributed by atoms with Crippen molar-refractivity contribution in [3.63, 3.8) is 0 Å². The van der Waals surface area contributed by atoms with Crippen LogP contribution in [0.5, 0.6) is 5.75 Å². The molecule has 0 spiro atoms. The average molecular weight is 612 g/mol. The van der Waals surface area contributed by atoms with E-state index in [0.717, 1.165) is 42.0 Å². The molecule has 0 saturated heterocycles. The number of amides is 2. The number of methoxy groups -OCH3 is 1. The molecule has 3 aromatic carbocycles. The second kappa shape index (κ2) is 14.6. The fourth-order valence-electron chi connectivity index (χ4n) is 5.25. The van der Waals surface area contributed by atoms with Crippen LogP contribution in [0.15, 0.2) is 83.8 Å². The molecule has 1 aliphatic rings. The van der Waals surface area contributed by atoms with Gasteiger partial charge in [0.2, 0.25) is 11.8 Å². The molecule has 224 valence electrons. The molecule has 1 fully saturated rings. The van der Waals surface area contributed by atoms with Crippen LogP contribution < -0.4 is 14.4 Å². The third-order valence-corrected chi connectivity index (χ3v) is 9.61. The van der Waals surface area contributed by atoms with Crippen LogP contribution in [0.2, 0.25) is 5.02 Å². The Balaban J connectivity index is 1.69. The summed E-state index contributed by atoms with van der Waals surface area (Å²) in [5.41, 5.74) is 1.08. The summed E-state index contributed by atoms with van der Waals surface area (Å²) in [7, 11) is -2.55. The number of halogens is 1. The predicted molar refractivity (Wildman–Crippen MR) is 165 cm³/mol. The maximum atomic E-state index is 14.2. The topological polar surface area (TPSA) is 96.0 Å². The normalized spacial score (nSPS) is 14.5. The second-order valence-electron chi connectivity index (χ2n) is 10.4. The van der Waals surface area contributed by atoms with Crippen molar-refractivity contribution in [3.8, 4) is 5.75 Å². The van der Waals surface area contributed by atoms with Gasteiger partial charge in [0, 0.05) is 17.6 Å². The number of carbonyl (C=O) groups excluding carboxylic acids is 2. The lowest BCUT2D eigenvalue weighted by atomic mass is 9.95. The number of nitrogens with one attached hydrogen (secondary N) is 1. The van der Waals surface area contributed by atoms with Crippen molar-refractivity contribution < 1.29 is 22.7 Å². The first-order chi connectivity index (χ1) is 20.2. The molecular formula is C32H38ClN3O5S. The highest BCUT2D eigenvalue weighted by molar-refractivity contribution is 7.92. The smallest absolute Gasteiger partial charge is 0.264 e. The van der Waals surface area contributed by atoms with E-state index in [1.165, 1.54) is 17.0 Å². The van der Waals surface area contributed by atoms with Gasteiger partial charge in [-0.3, -0.25) is 13.9 Å². The van der Waals surface area contributed by atoms with Gasteiger partial charge in [-0.25, -0.2) is 8.42 Å². The molecule has 4 rings (SSSR count). The fraction of sp³-hybridized carbons (Fsp3) is 0.375. The number of ether oxygens (including phenoxy) is 1. The molecular weight excluding hydrogens is 574 g/mol. The highest BCUT2D eigenvalue weighted by Crippen LogP contribution is 2.26. The highest BCUT2D eigenvalue weighted by Gasteiger charge is 2.34. The van der Waals surface area contributed by atoms with Crippen molar-refractivity contribution in [2.45, 2.75) is 69.0 Å². The van der Waals surface area contributed by atoms with E-state index in [2.05, 4.69) is 5.32 Å². The number of nitrogens with zero attached hydrogens (tertiary/aromatic N) is 2. The number of hydrogen-bond acceptors (Lipinski definition) is 5. The zero-order valence-electron chi connectivity index (χ0n) is 24.0. The number of carbonyl (C=O) groups is 2. The molecule has 0 bridgehead atoms. The van der Waals surface area contributed by atoms with E-state index in [-0.39, 0.29) is 23.4 Å². The first kappa shape index (κ1) is 31.4. The Hall–Kier alpha value is -3.56. The molecule has 0 radical (unpaired) electrons. The molecule has 2 amide bonds. The third-order valence-electron chi connectivity index (χ3n) is 7.57. The van der Waals surface area contributed by atoms with Crippen LogP contribution in [-0.4, -0.2) is 50.9 Å². The van der Waals surface area contributed by atoms with E-state index in [1.54, 1.807) is 61.7 Å². The molecule has 1 N–H and O–H groups in total. The van der Waals surface area contributed by atoms with Gasteiger partial charge in [-0.1, -0.05) is 68.1 Å². The molecule has 3 aromatic rings. The van der Waals surface area contributed by atoms with E-state index in [1.807, 2.05) is 19.1 Å². The zero-order valence-corrected chi connectivity index (χ0v) is 25.6. The van der Waals surface area contributed by atoms with Crippen LogP contribution in [-0.2, 0) is 26.2 Å². The van der Waals surface area contributed by atoms with Gasteiger partial charge in [0.05, 0.1) is 17.7 Å². The van der Waals surface area contributed by atoms with Crippen LogP contribution in [0.4, 0.5) is 5.69 Å². The zero-order chi connectivity index (χ0) is 30.1. The van der Waals surface area contributed by atoms with Crippen molar-refractivity contribution in [2.75, 3.05) is 18.0 Å². The molecule has 0 aromatic heterocycles. The van der Waals surface area contributed by atoms with Crippen LogP contribution in [0.25, 0.3) is 0 Å². The molecule has 0 heterocycles. The van der Waals surface area contributed by atoms with Crippen molar-refractivity contribution in [1.29, 1.82) is 0 Å².